The highest BCUT2D eigenvalue weighted by molar-refractivity contribution is 7.80. The van der Waals surface area contributed by atoms with Crippen molar-refractivity contribution in [3.05, 3.63) is 35.9 Å². The molecule has 8 heteroatoms. The number of halogens is 6. The van der Waals surface area contributed by atoms with Crippen LogP contribution in [0.25, 0.3) is 0 Å². The molecule has 0 amide bonds. The zero-order valence-corrected chi connectivity index (χ0v) is 8.83. The van der Waals surface area contributed by atoms with Crippen LogP contribution in [0.1, 0.15) is 5.56 Å². The van der Waals surface area contributed by atoms with Crippen LogP contribution in [-0.4, -0.2) is 22.5 Å². The van der Waals surface area contributed by atoms with Gasteiger partial charge in [-0.05, 0) is 0 Å². The topological polar surface area (TPSA) is 3.24 Å². The number of thiocarbonyl (C=S) groups is 1. The van der Waals surface area contributed by atoms with Crippen LogP contribution in [0, 0.1) is 0 Å². The fourth-order valence-electron chi connectivity index (χ4n) is 1.08. The van der Waals surface area contributed by atoms with E-state index in [0.717, 1.165) is 12.1 Å². The van der Waals surface area contributed by atoms with E-state index in [2.05, 4.69) is 12.2 Å². The molecule has 0 aromatic heterocycles. The normalized spacial score (nSPS) is 12.4. The average molecular weight is 273 g/mol. The number of hydrogen-bond acceptors (Lipinski definition) is 1. The third-order valence-corrected chi connectivity index (χ3v) is 2.15. The molecule has 0 N–H and O–H groups in total. The van der Waals surface area contributed by atoms with Crippen LogP contribution in [0.5, 0.6) is 0 Å². The standard InChI is InChI=1S/C9H5F6NS/c10-8(11,12)16(9(13,14)15)7(17)6-4-2-1-3-5-6/h1-5H. The minimum absolute atomic E-state index is 0.322. The van der Waals surface area contributed by atoms with Crippen LogP contribution in [-0.2, 0) is 0 Å². The molecule has 0 aliphatic rings. The summed E-state index contributed by atoms with van der Waals surface area (Å²) >= 11 is 4.22. The zero-order valence-electron chi connectivity index (χ0n) is 8.01. The van der Waals surface area contributed by atoms with Gasteiger partial charge in [0, 0.05) is 5.56 Å². The Morgan fingerprint density at radius 1 is 0.882 bits per heavy atom. The minimum Gasteiger partial charge on any atom is -0.183 e. The molecule has 1 rings (SSSR count). The van der Waals surface area contributed by atoms with E-state index in [4.69, 9.17) is 0 Å². The molecule has 0 fully saturated rings. The summed E-state index contributed by atoms with van der Waals surface area (Å²) in [5, 5.41) is 0. The Morgan fingerprint density at radius 3 is 1.65 bits per heavy atom. The third kappa shape index (κ3) is 3.32. The second-order valence-electron chi connectivity index (χ2n) is 2.94. The third-order valence-electron chi connectivity index (χ3n) is 1.73. The lowest BCUT2D eigenvalue weighted by Gasteiger charge is -2.28. The van der Waals surface area contributed by atoms with Crippen molar-refractivity contribution in [3.8, 4) is 0 Å². The predicted octanol–water partition coefficient (Wildman–Crippen LogP) is 3.70. The molecule has 0 aliphatic heterocycles. The Balaban J connectivity index is 3.14. The van der Waals surface area contributed by atoms with E-state index in [1.54, 1.807) is 0 Å². The molecule has 94 valence electrons. The first kappa shape index (κ1) is 13.8. The molecular weight excluding hydrogens is 268 g/mol. The van der Waals surface area contributed by atoms with Crippen LogP contribution in [0.3, 0.4) is 0 Å². The van der Waals surface area contributed by atoms with Gasteiger partial charge in [-0.25, -0.2) is 0 Å². The molecule has 0 heterocycles. The summed E-state index contributed by atoms with van der Waals surface area (Å²) in [5.41, 5.74) is -0.322. The van der Waals surface area contributed by atoms with E-state index in [1.165, 1.54) is 18.2 Å². The predicted molar refractivity (Wildman–Crippen MR) is 52.1 cm³/mol. The number of hydrogen-bond donors (Lipinski definition) is 0. The highest BCUT2D eigenvalue weighted by Crippen LogP contribution is 2.35. The molecule has 1 aromatic carbocycles. The summed E-state index contributed by atoms with van der Waals surface area (Å²) in [5.74, 6) is 0. The van der Waals surface area contributed by atoms with Crippen LogP contribution in [0.4, 0.5) is 26.3 Å². The van der Waals surface area contributed by atoms with Gasteiger partial charge >= 0.3 is 12.6 Å². The van der Waals surface area contributed by atoms with Crippen LogP contribution >= 0.6 is 12.2 Å². The molecule has 0 bridgehead atoms. The second kappa shape index (κ2) is 4.52. The first-order chi connectivity index (χ1) is 7.64. The summed E-state index contributed by atoms with van der Waals surface area (Å²) in [6, 6.07) is 6.20. The van der Waals surface area contributed by atoms with Gasteiger partial charge in [0.05, 0.1) is 0 Å². The van der Waals surface area contributed by atoms with Gasteiger partial charge in [-0.1, -0.05) is 42.5 Å². The van der Waals surface area contributed by atoms with E-state index in [9.17, 15) is 26.3 Å². The number of nitrogens with zero attached hydrogens (tertiary/aromatic N) is 1. The molecular formula is C9H5F6NS. The largest absolute Gasteiger partial charge is 0.492 e. The SMILES string of the molecule is FC(F)(F)N(C(=S)c1ccccc1)C(F)(F)F. The lowest BCUT2D eigenvalue weighted by atomic mass is 10.2. The van der Waals surface area contributed by atoms with Crippen molar-refractivity contribution in [2.75, 3.05) is 0 Å². The summed E-state index contributed by atoms with van der Waals surface area (Å²) in [6.45, 7) is 0. The number of alkyl halides is 6. The van der Waals surface area contributed by atoms with E-state index in [0.29, 0.717) is 0 Å². The number of benzene rings is 1. The van der Waals surface area contributed by atoms with Gasteiger partial charge in [0.15, 0.2) is 0 Å². The van der Waals surface area contributed by atoms with Crippen molar-refractivity contribution < 1.29 is 26.3 Å². The lowest BCUT2D eigenvalue weighted by Crippen LogP contribution is -2.51. The summed E-state index contributed by atoms with van der Waals surface area (Å²) in [7, 11) is 0. The van der Waals surface area contributed by atoms with E-state index in [-0.39, 0.29) is 5.56 Å². The fraction of sp³-hybridized carbons (Fsp3) is 0.222. The van der Waals surface area contributed by atoms with Crippen molar-refractivity contribution in [2.45, 2.75) is 12.6 Å². The maximum absolute atomic E-state index is 12.3. The van der Waals surface area contributed by atoms with Crippen LogP contribution in [0.15, 0.2) is 30.3 Å². The first-order valence-corrected chi connectivity index (χ1v) is 4.58. The molecule has 0 aliphatic carbocycles. The Labute approximate surface area is 97.6 Å². The van der Waals surface area contributed by atoms with Crippen molar-refractivity contribution in [3.63, 3.8) is 0 Å². The fourth-order valence-corrected chi connectivity index (χ4v) is 1.43. The van der Waals surface area contributed by atoms with E-state index in [1.807, 2.05) is 0 Å². The van der Waals surface area contributed by atoms with Crippen LogP contribution in [0.2, 0.25) is 0 Å². The Bertz CT molecular complexity index is 382. The van der Waals surface area contributed by atoms with Crippen LogP contribution < -0.4 is 0 Å². The maximum Gasteiger partial charge on any atom is 0.492 e. The summed E-state index contributed by atoms with van der Waals surface area (Å²) in [4.78, 5) is -3.02. The van der Waals surface area contributed by atoms with Gasteiger partial charge in [-0.3, -0.25) is 0 Å². The average Bonchev–Trinajstić information content (AvgIpc) is 2.14. The zero-order chi connectivity index (χ0) is 13.3. The molecule has 0 atom stereocenters. The molecule has 0 radical (unpaired) electrons. The van der Waals surface area contributed by atoms with Crippen molar-refractivity contribution in [1.29, 1.82) is 0 Å². The maximum atomic E-state index is 12.3. The highest BCUT2D eigenvalue weighted by Gasteiger charge is 2.55. The monoisotopic (exact) mass is 273 g/mol. The minimum atomic E-state index is -5.61. The van der Waals surface area contributed by atoms with Crippen molar-refractivity contribution in [1.82, 2.24) is 4.90 Å². The van der Waals surface area contributed by atoms with Gasteiger partial charge in [-0.2, -0.15) is 4.90 Å². The second-order valence-corrected chi connectivity index (χ2v) is 3.33. The molecule has 0 unspecified atom stereocenters. The van der Waals surface area contributed by atoms with Crippen molar-refractivity contribution in [2.24, 2.45) is 0 Å². The number of rotatable bonds is 1. The smallest absolute Gasteiger partial charge is 0.183 e. The molecule has 0 saturated heterocycles. The van der Waals surface area contributed by atoms with Gasteiger partial charge in [-0.15, -0.1) is 26.3 Å². The lowest BCUT2D eigenvalue weighted by molar-refractivity contribution is -0.341. The quantitative estimate of drug-likeness (QED) is 0.436. The van der Waals surface area contributed by atoms with Gasteiger partial charge in [0.1, 0.15) is 4.99 Å². The van der Waals surface area contributed by atoms with Gasteiger partial charge in [0.25, 0.3) is 0 Å². The first-order valence-electron chi connectivity index (χ1n) is 4.17. The molecule has 1 nitrogen and oxygen atoms in total. The van der Waals surface area contributed by atoms with Gasteiger partial charge in [0.2, 0.25) is 0 Å². The summed E-state index contributed by atoms with van der Waals surface area (Å²) in [6.07, 6.45) is -11.2. The molecule has 0 saturated carbocycles. The molecule has 0 spiro atoms. The summed E-state index contributed by atoms with van der Waals surface area (Å²) < 4.78 is 73.6. The van der Waals surface area contributed by atoms with Gasteiger partial charge < -0.3 is 0 Å². The van der Waals surface area contributed by atoms with E-state index >= 15 is 0 Å². The van der Waals surface area contributed by atoms with Crippen molar-refractivity contribution >= 4 is 17.2 Å². The van der Waals surface area contributed by atoms with E-state index < -0.39 is 22.5 Å². The Kier molecular flexibility index (Phi) is 3.65. The Hall–Kier alpha value is -1.31. The molecule has 17 heavy (non-hydrogen) atoms. The Morgan fingerprint density at radius 2 is 1.29 bits per heavy atom. The molecule has 1 aromatic rings. The highest BCUT2D eigenvalue weighted by atomic mass is 32.1.